The van der Waals surface area contributed by atoms with Crippen molar-refractivity contribution in [2.75, 3.05) is 6.54 Å². The lowest BCUT2D eigenvalue weighted by Crippen LogP contribution is -2.39. The van der Waals surface area contributed by atoms with E-state index >= 15 is 0 Å². The molecular formula is C24H36N2O4S. The minimum Gasteiger partial charge on any atom is -0.457 e. The molecule has 2 N–H and O–H groups in total. The average molecular weight is 449 g/mol. The van der Waals surface area contributed by atoms with Crippen molar-refractivity contribution < 1.29 is 19.4 Å². The lowest BCUT2D eigenvalue weighted by Gasteiger charge is -2.25. The maximum Gasteiger partial charge on any atom is 0.308 e. The SMILES string of the molecule is C/C1=C/C[C@@H](/C(C)=C/c2csc(C)n2)OC(=O)CCNC(=O)[C@H](C)C(O)[C@@H](C)CCC1. The summed E-state index contributed by atoms with van der Waals surface area (Å²) in [4.78, 5) is 29.3. The summed E-state index contributed by atoms with van der Waals surface area (Å²) >= 11 is 1.59. The summed E-state index contributed by atoms with van der Waals surface area (Å²) in [5, 5.41) is 16.2. The molecule has 0 bridgehead atoms. The Morgan fingerprint density at radius 3 is 2.71 bits per heavy atom. The van der Waals surface area contributed by atoms with Gasteiger partial charge in [0.1, 0.15) is 6.10 Å². The highest BCUT2D eigenvalue weighted by Gasteiger charge is 2.27. The van der Waals surface area contributed by atoms with Gasteiger partial charge in [-0.3, -0.25) is 9.59 Å². The van der Waals surface area contributed by atoms with Gasteiger partial charge in [0.2, 0.25) is 5.91 Å². The van der Waals surface area contributed by atoms with E-state index in [2.05, 4.69) is 23.3 Å². The van der Waals surface area contributed by atoms with Crippen LogP contribution in [0, 0.1) is 18.8 Å². The van der Waals surface area contributed by atoms with Gasteiger partial charge in [-0.2, -0.15) is 0 Å². The van der Waals surface area contributed by atoms with E-state index in [4.69, 9.17) is 4.74 Å². The second kappa shape index (κ2) is 12.2. The van der Waals surface area contributed by atoms with Gasteiger partial charge in [-0.15, -0.1) is 11.3 Å². The van der Waals surface area contributed by atoms with Crippen LogP contribution in [-0.4, -0.2) is 40.7 Å². The summed E-state index contributed by atoms with van der Waals surface area (Å²) in [7, 11) is 0. The molecule has 172 valence electrons. The molecule has 7 heteroatoms. The number of aliphatic hydroxyl groups is 1. The Morgan fingerprint density at radius 1 is 1.29 bits per heavy atom. The quantitative estimate of drug-likeness (QED) is 0.516. The summed E-state index contributed by atoms with van der Waals surface area (Å²) in [5.74, 6) is -1.07. The average Bonchev–Trinajstić information content (AvgIpc) is 3.13. The molecule has 6 nitrogen and oxygen atoms in total. The predicted molar refractivity (Wildman–Crippen MR) is 125 cm³/mol. The van der Waals surface area contributed by atoms with Crippen LogP contribution in [0.4, 0.5) is 0 Å². The summed E-state index contributed by atoms with van der Waals surface area (Å²) in [5.41, 5.74) is 3.05. The van der Waals surface area contributed by atoms with Gasteiger partial charge in [0.15, 0.2) is 0 Å². The van der Waals surface area contributed by atoms with Gasteiger partial charge in [0.25, 0.3) is 0 Å². The van der Waals surface area contributed by atoms with Crippen molar-refractivity contribution >= 4 is 29.3 Å². The van der Waals surface area contributed by atoms with Gasteiger partial charge in [-0.1, -0.05) is 25.5 Å². The van der Waals surface area contributed by atoms with Crippen molar-refractivity contribution in [2.45, 2.75) is 78.9 Å². The van der Waals surface area contributed by atoms with E-state index in [0.29, 0.717) is 6.42 Å². The van der Waals surface area contributed by atoms with Crippen molar-refractivity contribution in [3.8, 4) is 0 Å². The Kier molecular flexibility index (Phi) is 9.91. The lowest BCUT2D eigenvalue weighted by atomic mass is 9.88. The van der Waals surface area contributed by atoms with E-state index in [0.717, 1.165) is 35.5 Å². The first-order chi connectivity index (χ1) is 14.7. The first-order valence-electron chi connectivity index (χ1n) is 11.1. The third-order valence-corrected chi connectivity index (χ3v) is 6.63. The third kappa shape index (κ3) is 8.22. The molecule has 0 radical (unpaired) electrons. The largest absolute Gasteiger partial charge is 0.457 e. The number of ether oxygens (including phenoxy) is 1. The fraction of sp³-hybridized carbons (Fsp3) is 0.625. The highest BCUT2D eigenvalue weighted by Crippen LogP contribution is 2.23. The maximum atomic E-state index is 12.4. The van der Waals surface area contributed by atoms with Crippen molar-refractivity contribution in [3.63, 3.8) is 0 Å². The molecule has 1 unspecified atom stereocenters. The molecule has 0 saturated carbocycles. The van der Waals surface area contributed by atoms with Crippen LogP contribution in [-0.2, 0) is 14.3 Å². The highest BCUT2D eigenvalue weighted by molar-refractivity contribution is 7.09. The first-order valence-corrected chi connectivity index (χ1v) is 12.0. The summed E-state index contributed by atoms with van der Waals surface area (Å²) < 4.78 is 5.76. The molecule has 0 aromatic carbocycles. The van der Waals surface area contributed by atoms with E-state index in [1.807, 2.05) is 32.2 Å². The number of carbonyl (C=O) groups excluding carboxylic acids is 2. The van der Waals surface area contributed by atoms with Crippen LogP contribution in [0.5, 0.6) is 0 Å². The minimum atomic E-state index is -0.698. The first kappa shape index (κ1) is 25.3. The molecular weight excluding hydrogens is 412 g/mol. The van der Waals surface area contributed by atoms with Gasteiger partial charge in [0, 0.05) is 18.3 Å². The smallest absolute Gasteiger partial charge is 0.308 e. The lowest BCUT2D eigenvalue weighted by molar-refractivity contribution is -0.147. The van der Waals surface area contributed by atoms with E-state index in [9.17, 15) is 14.7 Å². The number of amides is 1. The van der Waals surface area contributed by atoms with Crippen LogP contribution >= 0.6 is 11.3 Å². The summed E-state index contributed by atoms with van der Waals surface area (Å²) in [6.07, 6.45) is 6.43. The molecule has 1 amide bonds. The van der Waals surface area contributed by atoms with Gasteiger partial charge >= 0.3 is 5.97 Å². The topological polar surface area (TPSA) is 88.5 Å². The van der Waals surface area contributed by atoms with E-state index in [-0.39, 0.29) is 36.9 Å². The molecule has 0 saturated heterocycles. The monoisotopic (exact) mass is 448 g/mol. The predicted octanol–water partition coefficient (Wildman–Crippen LogP) is 4.43. The molecule has 1 aromatic heterocycles. The number of nitrogens with one attached hydrogen (secondary N) is 1. The Morgan fingerprint density at radius 2 is 2.03 bits per heavy atom. The van der Waals surface area contributed by atoms with Crippen LogP contribution in [0.2, 0.25) is 0 Å². The van der Waals surface area contributed by atoms with Crippen LogP contribution in [0.15, 0.2) is 22.6 Å². The molecule has 1 aliphatic heterocycles. The molecule has 31 heavy (non-hydrogen) atoms. The van der Waals surface area contributed by atoms with E-state index < -0.39 is 12.0 Å². The second-order valence-electron chi connectivity index (χ2n) is 8.63. The summed E-state index contributed by atoms with van der Waals surface area (Å²) in [6.45, 7) is 9.91. The van der Waals surface area contributed by atoms with Crippen molar-refractivity contribution in [2.24, 2.45) is 11.8 Å². The molecule has 0 aliphatic carbocycles. The number of nitrogens with zero attached hydrogens (tertiary/aromatic N) is 1. The van der Waals surface area contributed by atoms with Gasteiger partial charge in [-0.25, -0.2) is 4.98 Å². The molecule has 2 heterocycles. The Labute approximate surface area is 189 Å². The maximum absolute atomic E-state index is 12.4. The van der Waals surface area contributed by atoms with Crippen LogP contribution in [0.3, 0.4) is 0 Å². The number of thiazole rings is 1. The zero-order valence-corrected chi connectivity index (χ0v) is 20.1. The fourth-order valence-corrected chi connectivity index (χ4v) is 4.27. The molecule has 2 rings (SSSR count). The number of cyclic esters (lactones) is 1. The number of esters is 1. The number of hydrogen-bond donors (Lipinski definition) is 2. The van der Waals surface area contributed by atoms with Crippen molar-refractivity contribution in [1.82, 2.24) is 10.3 Å². The van der Waals surface area contributed by atoms with Gasteiger partial charge in [-0.05, 0) is 57.6 Å². The standard InChI is InChI=1S/C24H36N2O4S/c1-15-7-6-8-16(2)23(28)18(4)24(29)25-12-11-22(27)30-21(10-9-15)17(3)13-20-14-31-19(5)26-20/h9,13-14,16,18,21,23,28H,6-8,10-12H2,1-5H3,(H,25,29)/b15-9-,17-13+/t16-,18+,21-,23?/m0/s1. The number of hydrogen-bond acceptors (Lipinski definition) is 6. The van der Waals surface area contributed by atoms with E-state index in [1.54, 1.807) is 18.3 Å². The Hall–Kier alpha value is -1.99. The number of aromatic nitrogens is 1. The second-order valence-corrected chi connectivity index (χ2v) is 9.70. The molecule has 4 atom stereocenters. The Balaban J connectivity index is 2.17. The third-order valence-electron chi connectivity index (χ3n) is 5.84. The minimum absolute atomic E-state index is 0.0333. The Bertz CT molecular complexity index is 814. The number of rotatable bonds is 2. The highest BCUT2D eigenvalue weighted by atomic mass is 32.1. The zero-order valence-electron chi connectivity index (χ0n) is 19.3. The molecule has 1 aliphatic rings. The number of aliphatic hydroxyl groups excluding tert-OH is 1. The molecule has 0 spiro atoms. The molecule has 1 aromatic rings. The van der Waals surface area contributed by atoms with Crippen LogP contribution in [0.25, 0.3) is 6.08 Å². The summed E-state index contributed by atoms with van der Waals surface area (Å²) in [6, 6.07) is 0. The van der Waals surface area contributed by atoms with Crippen LogP contribution < -0.4 is 5.32 Å². The van der Waals surface area contributed by atoms with Crippen molar-refractivity contribution in [1.29, 1.82) is 0 Å². The fourth-order valence-electron chi connectivity index (χ4n) is 3.70. The number of carbonyl (C=O) groups is 2. The van der Waals surface area contributed by atoms with Crippen molar-refractivity contribution in [3.05, 3.63) is 33.3 Å². The van der Waals surface area contributed by atoms with Gasteiger partial charge in [0.05, 0.1) is 29.1 Å². The normalized spacial score (nSPS) is 29.6. The molecule has 0 fully saturated rings. The number of aryl methyl sites for hydroxylation is 1. The van der Waals surface area contributed by atoms with Gasteiger partial charge < -0.3 is 15.2 Å². The number of allylic oxidation sites excluding steroid dienone is 1. The van der Waals surface area contributed by atoms with E-state index in [1.165, 1.54) is 5.57 Å². The van der Waals surface area contributed by atoms with Crippen LogP contribution in [0.1, 0.15) is 70.5 Å². The zero-order chi connectivity index (χ0) is 23.0.